The van der Waals surface area contributed by atoms with Crippen LogP contribution in [0.3, 0.4) is 0 Å². The number of hydrogen-bond acceptors (Lipinski definition) is 2. The summed E-state index contributed by atoms with van der Waals surface area (Å²) < 4.78 is 0. The molecule has 0 bridgehead atoms. The molecule has 2 aromatic rings. The highest BCUT2D eigenvalue weighted by molar-refractivity contribution is 5.48. The molecule has 108 valence electrons. The molecule has 0 aliphatic heterocycles. The molecule has 2 N–H and O–H groups in total. The summed E-state index contributed by atoms with van der Waals surface area (Å²) in [5, 5.41) is 19.5. The predicted molar refractivity (Wildman–Crippen MR) is 82.8 cm³/mol. The standard InChI is InChI=1S/C19H20O2/c1-2-18-17-8-16(21)6-4-13(17)10-19(18)9-12-3-5-15(20)7-14(12)11-19/h3-8,18,20-21H,2,9-11H2,1H3. The van der Waals surface area contributed by atoms with E-state index >= 15 is 0 Å². The molecule has 2 nitrogen and oxygen atoms in total. The van der Waals surface area contributed by atoms with Crippen molar-refractivity contribution in [2.45, 2.75) is 38.5 Å². The van der Waals surface area contributed by atoms with Crippen LogP contribution < -0.4 is 0 Å². The zero-order valence-electron chi connectivity index (χ0n) is 12.3. The average Bonchev–Trinajstić information content (AvgIpc) is 2.94. The van der Waals surface area contributed by atoms with Gasteiger partial charge in [0.25, 0.3) is 0 Å². The van der Waals surface area contributed by atoms with Gasteiger partial charge in [-0.3, -0.25) is 0 Å². The van der Waals surface area contributed by atoms with Gasteiger partial charge in [-0.05, 0) is 83.5 Å². The van der Waals surface area contributed by atoms with Crippen molar-refractivity contribution in [2.75, 3.05) is 0 Å². The number of rotatable bonds is 1. The summed E-state index contributed by atoms with van der Waals surface area (Å²) in [6.07, 6.45) is 4.29. The molecule has 0 saturated heterocycles. The Morgan fingerprint density at radius 2 is 1.52 bits per heavy atom. The fraction of sp³-hybridized carbons (Fsp3) is 0.368. The fourth-order valence-corrected chi connectivity index (χ4v) is 4.69. The highest BCUT2D eigenvalue weighted by Crippen LogP contribution is 2.56. The first-order valence-corrected chi connectivity index (χ1v) is 7.74. The first-order chi connectivity index (χ1) is 10.1. The smallest absolute Gasteiger partial charge is 0.115 e. The van der Waals surface area contributed by atoms with Crippen LogP contribution in [-0.2, 0) is 19.3 Å². The minimum atomic E-state index is 0.237. The maximum Gasteiger partial charge on any atom is 0.115 e. The summed E-state index contributed by atoms with van der Waals surface area (Å²) in [7, 11) is 0. The van der Waals surface area contributed by atoms with Crippen LogP contribution in [0.2, 0.25) is 0 Å². The maximum absolute atomic E-state index is 9.82. The molecule has 0 radical (unpaired) electrons. The van der Waals surface area contributed by atoms with Crippen molar-refractivity contribution in [1.82, 2.24) is 0 Å². The van der Waals surface area contributed by atoms with Gasteiger partial charge < -0.3 is 10.2 Å². The van der Waals surface area contributed by atoms with Crippen LogP contribution in [0.5, 0.6) is 11.5 Å². The molecule has 2 unspecified atom stereocenters. The first-order valence-electron chi connectivity index (χ1n) is 7.74. The van der Waals surface area contributed by atoms with Gasteiger partial charge in [0.1, 0.15) is 11.5 Å². The Bertz CT molecular complexity index is 716. The quantitative estimate of drug-likeness (QED) is 0.831. The Balaban J connectivity index is 1.78. The van der Waals surface area contributed by atoms with E-state index in [0.29, 0.717) is 17.4 Å². The van der Waals surface area contributed by atoms with E-state index in [4.69, 9.17) is 0 Å². The third-order valence-electron chi connectivity index (χ3n) is 5.47. The molecule has 0 saturated carbocycles. The molecule has 21 heavy (non-hydrogen) atoms. The summed E-state index contributed by atoms with van der Waals surface area (Å²) in [5.41, 5.74) is 5.63. The monoisotopic (exact) mass is 280 g/mol. The Morgan fingerprint density at radius 3 is 2.29 bits per heavy atom. The van der Waals surface area contributed by atoms with Gasteiger partial charge in [0.2, 0.25) is 0 Å². The lowest BCUT2D eigenvalue weighted by Gasteiger charge is -2.31. The van der Waals surface area contributed by atoms with E-state index in [0.717, 1.165) is 25.7 Å². The van der Waals surface area contributed by atoms with Crippen molar-refractivity contribution in [1.29, 1.82) is 0 Å². The van der Waals surface area contributed by atoms with E-state index in [-0.39, 0.29) is 5.41 Å². The van der Waals surface area contributed by atoms with Gasteiger partial charge in [-0.1, -0.05) is 19.1 Å². The fourth-order valence-electron chi connectivity index (χ4n) is 4.69. The van der Waals surface area contributed by atoms with Crippen LogP contribution in [0, 0.1) is 5.41 Å². The van der Waals surface area contributed by atoms with Crippen LogP contribution in [-0.4, -0.2) is 10.2 Å². The van der Waals surface area contributed by atoms with Crippen LogP contribution in [0.1, 0.15) is 41.5 Å². The minimum Gasteiger partial charge on any atom is -0.508 e. The van der Waals surface area contributed by atoms with Gasteiger partial charge in [-0.15, -0.1) is 0 Å². The normalized spacial score (nSPS) is 26.0. The molecular weight excluding hydrogens is 260 g/mol. The largest absolute Gasteiger partial charge is 0.508 e. The summed E-state index contributed by atoms with van der Waals surface area (Å²) in [4.78, 5) is 0. The lowest BCUT2D eigenvalue weighted by Crippen LogP contribution is -2.26. The average molecular weight is 280 g/mol. The molecule has 2 heteroatoms. The van der Waals surface area contributed by atoms with E-state index in [2.05, 4.69) is 19.1 Å². The number of hydrogen-bond donors (Lipinski definition) is 2. The molecule has 4 rings (SSSR count). The summed E-state index contributed by atoms with van der Waals surface area (Å²) >= 11 is 0. The van der Waals surface area contributed by atoms with Gasteiger partial charge in [-0.2, -0.15) is 0 Å². The molecule has 0 heterocycles. The topological polar surface area (TPSA) is 40.5 Å². The molecule has 0 amide bonds. The SMILES string of the molecule is CCC1c2cc(O)ccc2CC12Cc1ccc(O)cc1C2. The predicted octanol–water partition coefficient (Wildman–Crippen LogP) is 3.93. The van der Waals surface area contributed by atoms with Crippen molar-refractivity contribution in [3.63, 3.8) is 0 Å². The molecule has 0 aromatic heterocycles. The molecule has 1 spiro atoms. The second-order valence-electron chi connectivity index (χ2n) is 6.69. The van der Waals surface area contributed by atoms with E-state index in [1.54, 1.807) is 12.1 Å². The minimum absolute atomic E-state index is 0.237. The number of fused-ring (bicyclic) bond motifs is 2. The zero-order chi connectivity index (χ0) is 14.6. The highest BCUT2D eigenvalue weighted by atomic mass is 16.3. The van der Waals surface area contributed by atoms with Crippen LogP contribution >= 0.6 is 0 Å². The van der Waals surface area contributed by atoms with Crippen molar-refractivity contribution >= 4 is 0 Å². The van der Waals surface area contributed by atoms with Gasteiger partial charge in [-0.25, -0.2) is 0 Å². The molecule has 2 aliphatic carbocycles. The third-order valence-corrected chi connectivity index (χ3v) is 5.47. The lowest BCUT2D eigenvalue weighted by atomic mass is 9.72. The Labute approximate surface area is 125 Å². The maximum atomic E-state index is 9.82. The van der Waals surface area contributed by atoms with Crippen molar-refractivity contribution in [3.05, 3.63) is 58.7 Å². The molecular formula is C19H20O2. The number of benzene rings is 2. The third kappa shape index (κ3) is 1.78. The number of phenolic OH excluding ortho intramolecular Hbond substituents is 2. The Kier molecular flexibility index (Phi) is 2.59. The summed E-state index contributed by atoms with van der Waals surface area (Å²) in [6, 6.07) is 11.6. The number of aromatic hydroxyl groups is 2. The van der Waals surface area contributed by atoms with E-state index in [1.807, 2.05) is 12.1 Å². The van der Waals surface area contributed by atoms with Crippen LogP contribution in [0.25, 0.3) is 0 Å². The molecule has 2 aliphatic rings. The van der Waals surface area contributed by atoms with Crippen molar-refractivity contribution < 1.29 is 10.2 Å². The van der Waals surface area contributed by atoms with E-state index in [9.17, 15) is 10.2 Å². The second-order valence-corrected chi connectivity index (χ2v) is 6.69. The van der Waals surface area contributed by atoms with Crippen LogP contribution in [0.15, 0.2) is 36.4 Å². The van der Waals surface area contributed by atoms with Gasteiger partial charge in [0.15, 0.2) is 0 Å². The molecule has 0 fully saturated rings. The Morgan fingerprint density at radius 1 is 0.905 bits per heavy atom. The van der Waals surface area contributed by atoms with E-state index in [1.165, 1.54) is 22.3 Å². The highest BCUT2D eigenvalue weighted by Gasteiger charge is 2.48. The zero-order valence-corrected chi connectivity index (χ0v) is 12.3. The first kappa shape index (κ1) is 12.8. The lowest BCUT2D eigenvalue weighted by molar-refractivity contribution is 0.254. The van der Waals surface area contributed by atoms with Crippen LogP contribution in [0.4, 0.5) is 0 Å². The van der Waals surface area contributed by atoms with Gasteiger partial charge in [0.05, 0.1) is 0 Å². The van der Waals surface area contributed by atoms with E-state index < -0.39 is 0 Å². The second kappa shape index (κ2) is 4.27. The molecule has 2 atom stereocenters. The van der Waals surface area contributed by atoms with Gasteiger partial charge in [0, 0.05) is 0 Å². The summed E-state index contributed by atoms with van der Waals surface area (Å²) in [6.45, 7) is 2.24. The molecule has 2 aromatic carbocycles. The summed E-state index contributed by atoms with van der Waals surface area (Å²) in [5.74, 6) is 1.23. The van der Waals surface area contributed by atoms with Crippen molar-refractivity contribution in [3.8, 4) is 11.5 Å². The van der Waals surface area contributed by atoms with Gasteiger partial charge >= 0.3 is 0 Å². The Hall–Kier alpha value is -1.96. The van der Waals surface area contributed by atoms with Crippen molar-refractivity contribution in [2.24, 2.45) is 5.41 Å². The number of phenols is 2.